The number of esters is 1. The number of carbonyl (C=O) groups excluding carboxylic acids is 2. The number of aliphatic hydroxyl groups is 5. The minimum Gasteiger partial charge on any atom is -0.454 e. The van der Waals surface area contributed by atoms with Gasteiger partial charge in [0.1, 0.15) is 24.4 Å². The zero-order valence-electron chi connectivity index (χ0n) is 55.1. The predicted molar refractivity (Wildman–Crippen MR) is 365 cm³/mol. The molecule has 0 spiro atoms. The van der Waals surface area contributed by atoms with Crippen LogP contribution in [0.3, 0.4) is 0 Å². The standard InChI is InChI=1S/C76H127NO10/c1-4-7-10-13-16-19-22-25-27-29-31-33-34-35-37-38-40-42-45-48-51-54-57-60-63-69(80)75(84)77-67(68(79)62-59-56-53-50-47-44-24-21-18-15-12-9-6-3)66-85-76-74(73(83)72(82)70(65-78)86-76)87-71(81)64-61-58-55-52-49-46-43-41-39-36-32-30-28-26-23-20-17-14-11-8-5-2/h7-8,10-11,16-17,19-20,25-28,31-33,35-37,41,43,59,62,67-70,72-74,76,78-80,82-83H,4-6,9,12-15,18,21-24,29-30,34,38-40,42,44-58,60-61,63-66H2,1-3H3,(H,77,84)/b10-7-,11-8-,19-16-,20-17-,27-25-,28-26-,33-31-,36-32-,37-35-,43-41-,62-59+. The van der Waals surface area contributed by atoms with Crippen molar-refractivity contribution in [3.8, 4) is 0 Å². The van der Waals surface area contributed by atoms with Gasteiger partial charge in [0.05, 0.1) is 25.4 Å². The van der Waals surface area contributed by atoms with Gasteiger partial charge in [-0.25, -0.2) is 0 Å². The zero-order chi connectivity index (χ0) is 63.1. The Balaban J connectivity index is 2.64. The maximum Gasteiger partial charge on any atom is 0.306 e. The Bertz CT molecular complexity index is 1930. The molecule has 6 N–H and O–H groups in total. The maximum atomic E-state index is 13.5. The van der Waals surface area contributed by atoms with Crippen LogP contribution < -0.4 is 5.32 Å². The molecule has 87 heavy (non-hydrogen) atoms. The molecule has 8 atom stereocenters. The number of nitrogens with one attached hydrogen (secondary N) is 1. The topological polar surface area (TPSA) is 175 Å². The molecule has 0 bridgehead atoms. The van der Waals surface area contributed by atoms with E-state index in [1.165, 1.54) is 70.6 Å². The van der Waals surface area contributed by atoms with E-state index in [1.807, 2.05) is 6.08 Å². The summed E-state index contributed by atoms with van der Waals surface area (Å²) in [5, 5.41) is 57.3. The third kappa shape index (κ3) is 49.3. The first-order valence-electron chi connectivity index (χ1n) is 35.0. The fourth-order valence-electron chi connectivity index (χ4n) is 10.1. The lowest BCUT2D eigenvalue weighted by Gasteiger charge is -2.41. The van der Waals surface area contributed by atoms with Crippen LogP contribution in [-0.4, -0.2) is 99.6 Å². The number of hydrogen-bond donors (Lipinski definition) is 6. The summed E-state index contributed by atoms with van der Waals surface area (Å²) >= 11 is 0. The van der Waals surface area contributed by atoms with Gasteiger partial charge in [0.25, 0.3) is 0 Å². The third-order valence-corrected chi connectivity index (χ3v) is 15.5. The van der Waals surface area contributed by atoms with Crippen LogP contribution in [0.1, 0.15) is 271 Å². The third-order valence-electron chi connectivity index (χ3n) is 15.5. The molecular formula is C76H127NO10. The SMILES string of the molecule is CC/C=C\C/C=C\C/C=C\C/C=C\C/C=C\CCCCCCCCCCC(O)C(=O)NC(COC1OC(CO)C(O)C(O)C1OC(=O)CCCCCCC/C=C\C/C=C\C/C=C\C/C=C\C/C=C\CC)C(O)/C=C/CCCCCCCCCCCCC. The average molecular weight is 1210 g/mol. The number of aliphatic hydroxyl groups excluding tert-OH is 5. The van der Waals surface area contributed by atoms with E-state index in [9.17, 15) is 35.1 Å². The van der Waals surface area contributed by atoms with Gasteiger partial charge in [-0.2, -0.15) is 0 Å². The summed E-state index contributed by atoms with van der Waals surface area (Å²) in [7, 11) is 0. The second kappa shape index (κ2) is 62.0. The second-order valence-electron chi connectivity index (χ2n) is 23.5. The molecule has 0 radical (unpaired) electrons. The molecule has 0 aromatic heterocycles. The van der Waals surface area contributed by atoms with Crippen LogP contribution in [0.4, 0.5) is 0 Å². The molecule has 11 heteroatoms. The fraction of sp³-hybridized carbons (Fsp3) is 0.684. The smallest absolute Gasteiger partial charge is 0.306 e. The summed E-state index contributed by atoms with van der Waals surface area (Å²) in [6.45, 7) is 5.56. The van der Waals surface area contributed by atoms with Gasteiger partial charge in [0.15, 0.2) is 12.4 Å². The summed E-state index contributed by atoms with van der Waals surface area (Å²) < 4.78 is 17.7. The van der Waals surface area contributed by atoms with Gasteiger partial charge < -0.3 is 45.1 Å². The second-order valence-corrected chi connectivity index (χ2v) is 23.5. The molecule has 1 rings (SSSR count). The van der Waals surface area contributed by atoms with Crippen molar-refractivity contribution in [3.63, 3.8) is 0 Å². The van der Waals surface area contributed by atoms with E-state index in [4.69, 9.17) is 14.2 Å². The molecule has 0 aromatic rings. The van der Waals surface area contributed by atoms with E-state index < -0.39 is 67.4 Å². The van der Waals surface area contributed by atoms with Gasteiger partial charge in [0.2, 0.25) is 5.91 Å². The Labute approximate surface area is 531 Å². The number of ether oxygens (including phenoxy) is 3. The zero-order valence-corrected chi connectivity index (χ0v) is 55.1. The van der Waals surface area contributed by atoms with Crippen molar-refractivity contribution < 1.29 is 49.3 Å². The van der Waals surface area contributed by atoms with Crippen molar-refractivity contribution in [3.05, 3.63) is 134 Å². The average Bonchev–Trinajstić information content (AvgIpc) is 1.53. The summed E-state index contributed by atoms with van der Waals surface area (Å²) in [5.41, 5.74) is 0. The number of allylic oxidation sites excluding steroid dienone is 21. The Morgan fingerprint density at radius 3 is 1.24 bits per heavy atom. The van der Waals surface area contributed by atoms with Crippen LogP contribution >= 0.6 is 0 Å². The quantitative estimate of drug-likeness (QED) is 0.0195. The van der Waals surface area contributed by atoms with Gasteiger partial charge in [-0.15, -0.1) is 0 Å². The van der Waals surface area contributed by atoms with Crippen LogP contribution in [0.5, 0.6) is 0 Å². The van der Waals surface area contributed by atoms with Crippen molar-refractivity contribution in [1.82, 2.24) is 5.32 Å². The van der Waals surface area contributed by atoms with Gasteiger partial charge in [0, 0.05) is 6.42 Å². The van der Waals surface area contributed by atoms with Gasteiger partial charge in [-0.3, -0.25) is 9.59 Å². The Morgan fingerprint density at radius 2 is 0.828 bits per heavy atom. The van der Waals surface area contributed by atoms with E-state index in [1.54, 1.807) is 6.08 Å². The lowest BCUT2D eigenvalue weighted by atomic mass is 9.99. The number of amides is 1. The van der Waals surface area contributed by atoms with E-state index >= 15 is 0 Å². The molecule has 1 fully saturated rings. The molecule has 1 aliphatic heterocycles. The molecule has 1 saturated heterocycles. The molecule has 1 heterocycles. The molecule has 8 unspecified atom stereocenters. The Morgan fingerprint density at radius 1 is 0.460 bits per heavy atom. The highest BCUT2D eigenvalue weighted by Crippen LogP contribution is 2.26. The first-order chi connectivity index (χ1) is 42.7. The van der Waals surface area contributed by atoms with Crippen molar-refractivity contribution in [2.75, 3.05) is 13.2 Å². The summed E-state index contributed by atoms with van der Waals surface area (Å²) in [4.78, 5) is 26.7. The number of carbonyl (C=O) groups is 2. The minimum absolute atomic E-state index is 0.0937. The molecule has 0 aromatic carbocycles. The summed E-state index contributed by atoms with van der Waals surface area (Å²) in [6.07, 6.45) is 77.6. The lowest BCUT2D eigenvalue weighted by Crippen LogP contribution is -2.61. The first-order valence-corrected chi connectivity index (χ1v) is 35.0. The molecule has 496 valence electrons. The first kappa shape index (κ1) is 80.8. The van der Waals surface area contributed by atoms with Crippen LogP contribution in [0, 0.1) is 0 Å². The van der Waals surface area contributed by atoms with Gasteiger partial charge >= 0.3 is 5.97 Å². The number of unbranched alkanes of at least 4 members (excludes halogenated alkanes) is 24. The molecular weight excluding hydrogens is 1090 g/mol. The highest BCUT2D eigenvalue weighted by Gasteiger charge is 2.47. The molecule has 1 amide bonds. The van der Waals surface area contributed by atoms with E-state index in [0.717, 1.165) is 154 Å². The highest BCUT2D eigenvalue weighted by atomic mass is 16.7. The number of rotatable bonds is 58. The van der Waals surface area contributed by atoms with Crippen molar-refractivity contribution in [2.45, 2.75) is 320 Å². The molecule has 0 aliphatic carbocycles. The largest absolute Gasteiger partial charge is 0.454 e. The minimum atomic E-state index is -1.63. The molecule has 11 nitrogen and oxygen atoms in total. The van der Waals surface area contributed by atoms with Gasteiger partial charge in [-0.05, 0) is 116 Å². The van der Waals surface area contributed by atoms with Crippen molar-refractivity contribution in [1.29, 1.82) is 0 Å². The van der Waals surface area contributed by atoms with Crippen LogP contribution in [0.15, 0.2) is 134 Å². The summed E-state index contributed by atoms with van der Waals surface area (Å²) in [6, 6.07) is -1.04. The van der Waals surface area contributed by atoms with Crippen LogP contribution in [0.25, 0.3) is 0 Å². The normalized spacial score (nSPS) is 19.1. The Kier molecular flexibility index (Phi) is 57.6. The molecule has 0 saturated carbocycles. The van der Waals surface area contributed by atoms with E-state index in [0.29, 0.717) is 12.8 Å². The fourth-order valence-corrected chi connectivity index (χ4v) is 10.1. The van der Waals surface area contributed by atoms with Crippen molar-refractivity contribution >= 4 is 11.9 Å². The maximum absolute atomic E-state index is 13.5. The monoisotopic (exact) mass is 1210 g/mol. The van der Waals surface area contributed by atoms with E-state index in [-0.39, 0.29) is 19.4 Å². The highest BCUT2D eigenvalue weighted by molar-refractivity contribution is 5.80. The Hall–Kier alpha value is -4.20. The summed E-state index contributed by atoms with van der Waals surface area (Å²) in [5.74, 6) is -1.23. The van der Waals surface area contributed by atoms with Crippen LogP contribution in [0.2, 0.25) is 0 Å². The van der Waals surface area contributed by atoms with Crippen molar-refractivity contribution in [2.24, 2.45) is 0 Å². The van der Waals surface area contributed by atoms with Crippen LogP contribution in [-0.2, 0) is 23.8 Å². The predicted octanol–water partition coefficient (Wildman–Crippen LogP) is 18.0. The van der Waals surface area contributed by atoms with E-state index in [2.05, 4.69) is 148 Å². The lowest BCUT2D eigenvalue weighted by molar-refractivity contribution is -0.305. The van der Waals surface area contributed by atoms with Gasteiger partial charge in [-0.1, -0.05) is 283 Å². The molecule has 1 aliphatic rings. The number of hydrogen-bond acceptors (Lipinski definition) is 10.